The summed E-state index contributed by atoms with van der Waals surface area (Å²) in [4.78, 5) is 15.6. The van der Waals surface area contributed by atoms with E-state index in [1.807, 2.05) is 31.5 Å². The molecule has 0 aliphatic carbocycles. The van der Waals surface area contributed by atoms with Crippen molar-refractivity contribution >= 4 is 6.16 Å². The van der Waals surface area contributed by atoms with E-state index in [1.165, 1.54) is 0 Å². The Morgan fingerprint density at radius 2 is 2.31 bits per heavy atom. The minimum atomic E-state index is -0.631. The van der Waals surface area contributed by atoms with Gasteiger partial charge < -0.3 is 14.0 Å². The molecule has 1 atom stereocenters. The van der Waals surface area contributed by atoms with Gasteiger partial charge in [-0.2, -0.15) is 0 Å². The van der Waals surface area contributed by atoms with Gasteiger partial charge in [-0.1, -0.05) is 0 Å². The molecule has 0 radical (unpaired) electrons. The molecule has 0 N–H and O–H groups in total. The van der Waals surface area contributed by atoms with E-state index in [4.69, 9.17) is 9.47 Å². The summed E-state index contributed by atoms with van der Waals surface area (Å²) >= 11 is 0. The van der Waals surface area contributed by atoms with Gasteiger partial charge in [0.1, 0.15) is 11.4 Å². The molecule has 0 fully saturated rings. The third-order valence-electron chi connectivity index (χ3n) is 2.30. The molecule has 0 bridgehead atoms. The van der Waals surface area contributed by atoms with Crippen molar-refractivity contribution in [3.8, 4) is 0 Å². The number of ether oxygens (including phenoxy) is 2. The Hall–Kier alpha value is -1.52. The van der Waals surface area contributed by atoms with Gasteiger partial charge in [0.05, 0.1) is 0 Å². The van der Waals surface area contributed by atoms with Crippen LogP contribution in [0.25, 0.3) is 0 Å². The summed E-state index contributed by atoms with van der Waals surface area (Å²) in [7, 11) is 0. The molecule has 0 amide bonds. The number of nitrogens with zero attached hydrogens (tertiary/aromatic N) is 2. The smallest absolute Gasteiger partial charge is 0.429 e. The van der Waals surface area contributed by atoms with E-state index < -0.39 is 11.8 Å². The first-order valence-corrected chi connectivity index (χ1v) is 5.36. The second-order valence-corrected chi connectivity index (χ2v) is 4.84. The van der Waals surface area contributed by atoms with Gasteiger partial charge in [0.2, 0.25) is 0 Å². The second-order valence-electron chi connectivity index (χ2n) is 4.84. The predicted octanol–water partition coefficient (Wildman–Crippen LogP) is 2.28. The highest BCUT2D eigenvalue weighted by atomic mass is 16.7. The molecular formula is C11H16N2O3. The molecule has 0 aromatic carbocycles. The Kier molecular flexibility index (Phi) is 2.61. The molecule has 1 aromatic rings. The maximum Gasteiger partial charge on any atom is 0.509 e. The van der Waals surface area contributed by atoms with Crippen molar-refractivity contribution in [2.75, 3.05) is 0 Å². The largest absolute Gasteiger partial charge is 0.509 e. The number of rotatable bonds is 1. The number of aromatic nitrogens is 2. The van der Waals surface area contributed by atoms with Crippen LogP contribution < -0.4 is 0 Å². The first kappa shape index (κ1) is 11.0. The lowest BCUT2D eigenvalue weighted by Crippen LogP contribution is -2.25. The molecule has 0 spiro atoms. The average molecular weight is 224 g/mol. The van der Waals surface area contributed by atoms with Crippen molar-refractivity contribution in [2.24, 2.45) is 0 Å². The molecule has 16 heavy (non-hydrogen) atoms. The maximum atomic E-state index is 11.5. The molecule has 5 nitrogen and oxygen atoms in total. The summed E-state index contributed by atoms with van der Waals surface area (Å²) in [5, 5.41) is 0. The molecule has 1 aromatic heterocycles. The van der Waals surface area contributed by atoms with Crippen molar-refractivity contribution < 1.29 is 14.3 Å². The third-order valence-corrected chi connectivity index (χ3v) is 2.30. The van der Waals surface area contributed by atoms with Crippen molar-refractivity contribution in [3.63, 3.8) is 0 Å². The highest BCUT2D eigenvalue weighted by Gasteiger charge is 2.29. The minimum Gasteiger partial charge on any atom is -0.429 e. The lowest BCUT2D eigenvalue weighted by Gasteiger charge is -2.20. The Labute approximate surface area is 94.4 Å². The normalized spacial score (nSPS) is 19.3. The van der Waals surface area contributed by atoms with E-state index in [0.717, 1.165) is 18.8 Å². The quantitative estimate of drug-likeness (QED) is 0.687. The minimum absolute atomic E-state index is 0.273. The zero-order valence-electron chi connectivity index (χ0n) is 9.77. The van der Waals surface area contributed by atoms with Crippen LogP contribution in [0.3, 0.4) is 0 Å². The first-order chi connectivity index (χ1) is 7.46. The van der Waals surface area contributed by atoms with Gasteiger partial charge in [-0.05, 0) is 20.8 Å². The summed E-state index contributed by atoms with van der Waals surface area (Å²) in [6.07, 6.45) is 3.45. The van der Waals surface area contributed by atoms with Crippen molar-refractivity contribution in [1.29, 1.82) is 0 Å². The number of hydrogen-bond donors (Lipinski definition) is 0. The molecule has 0 saturated carbocycles. The van der Waals surface area contributed by atoms with Crippen molar-refractivity contribution in [1.82, 2.24) is 9.55 Å². The Bertz CT molecular complexity index is 392. The van der Waals surface area contributed by atoms with Crippen LogP contribution in [0.5, 0.6) is 0 Å². The highest BCUT2D eigenvalue weighted by Crippen LogP contribution is 2.28. The lowest BCUT2D eigenvalue weighted by atomic mass is 10.2. The lowest BCUT2D eigenvalue weighted by molar-refractivity contribution is -0.0278. The van der Waals surface area contributed by atoms with Crippen LogP contribution in [0.15, 0.2) is 12.4 Å². The Morgan fingerprint density at radius 3 is 3.00 bits per heavy atom. The first-order valence-electron chi connectivity index (χ1n) is 5.36. The van der Waals surface area contributed by atoms with Crippen LogP contribution in [0.4, 0.5) is 4.79 Å². The van der Waals surface area contributed by atoms with Crippen LogP contribution in [-0.2, 0) is 16.0 Å². The average Bonchev–Trinajstić information content (AvgIpc) is 2.66. The van der Waals surface area contributed by atoms with Crippen molar-refractivity contribution in [2.45, 2.75) is 45.4 Å². The summed E-state index contributed by atoms with van der Waals surface area (Å²) < 4.78 is 12.3. The fourth-order valence-electron chi connectivity index (χ4n) is 1.69. The predicted molar refractivity (Wildman–Crippen MR) is 56.9 cm³/mol. The van der Waals surface area contributed by atoms with Gasteiger partial charge in [0.25, 0.3) is 0 Å². The second kappa shape index (κ2) is 3.81. The number of hydrogen-bond acceptors (Lipinski definition) is 4. The molecule has 2 rings (SSSR count). The molecule has 0 saturated heterocycles. The van der Waals surface area contributed by atoms with Crippen LogP contribution in [0.1, 0.15) is 39.1 Å². The van der Waals surface area contributed by atoms with E-state index >= 15 is 0 Å². The van der Waals surface area contributed by atoms with Crippen LogP contribution in [0, 0.1) is 0 Å². The molecular weight excluding hydrogens is 208 g/mol. The molecule has 1 aliphatic heterocycles. The van der Waals surface area contributed by atoms with Gasteiger partial charge >= 0.3 is 6.16 Å². The van der Waals surface area contributed by atoms with E-state index in [-0.39, 0.29) is 6.10 Å². The molecule has 0 unspecified atom stereocenters. The topological polar surface area (TPSA) is 53.4 Å². The van der Waals surface area contributed by atoms with E-state index in [1.54, 1.807) is 6.20 Å². The SMILES string of the molecule is CC(C)(C)OC(=O)O[C@H]1CCn2ccnc21. The summed E-state index contributed by atoms with van der Waals surface area (Å²) in [5.41, 5.74) is -0.523. The summed E-state index contributed by atoms with van der Waals surface area (Å²) in [5.74, 6) is 0.797. The Balaban J connectivity index is 1.95. The highest BCUT2D eigenvalue weighted by molar-refractivity contribution is 5.60. The zero-order chi connectivity index (χ0) is 11.8. The van der Waals surface area contributed by atoms with Gasteiger partial charge in [-0.15, -0.1) is 0 Å². The standard InChI is InChI=1S/C11H16N2O3/c1-11(2,3)16-10(14)15-8-4-6-13-7-5-12-9(8)13/h5,7-8H,4,6H2,1-3H3/t8-/m0/s1. The fraction of sp³-hybridized carbons (Fsp3) is 0.636. The Morgan fingerprint density at radius 1 is 1.56 bits per heavy atom. The van der Waals surface area contributed by atoms with Crippen LogP contribution in [0.2, 0.25) is 0 Å². The number of imidazole rings is 1. The van der Waals surface area contributed by atoms with Crippen LogP contribution >= 0.6 is 0 Å². The third kappa shape index (κ3) is 2.35. The number of aryl methyl sites for hydroxylation is 1. The zero-order valence-corrected chi connectivity index (χ0v) is 9.77. The van der Waals surface area contributed by atoms with E-state index in [2.05, 4.69) is 4.98 Å². The number of carbonyl (C=O) groups excluding carboxylic acids is 1. The molecule has 5 heteroatoms. The van der Waals surface area contributed by atoms with E-state index in [9.17, 15) is 4.79 Å². The van der Waals surface area contributed by atoms with Gasteiger partial charge in [0, 0.05) is 25.4 Å². The molecule has 2 heterocycles. The van der Waals surface area contributed by atoms with Gasteiger partial charge in [0.15, 0.2) is 6.10 Å². The molecule has 1 aliphatic rings. The molecule has 88 valence electrons. The fourth-order valence-corrected chi connectivity index (χ4v) is 1.69. The monoisotopic (exact) mass is 224 g/mol. The summed E-state index contributed by atoms with van der Waals surface area (Å²) in [6.45, 7) is 6.26. The van der Waals surface area contributed by atoms with E-state index in [0.29, 0.717) is 0 Å². The summed E-state index contributed by atoms with van der Waals surface area (Å²) in [6, 6.07) is 0. The van der Waals surface area contributed by atoms with Gasteiger partial charge in [-0.3, -0.25) is 0 Å². The maximum absolute atomic E-state index is 11.5. The van der Waals surface area contributed by atoms with Gasteiger partial charge in [-0.25, -0.2) is 9.78 Å². The number of fused-ring (bicyclic) bond motifs is 1. The number of carbonyl (C=O) groups is 1. The van der Waals surface area contributed by atoms with Crippen molar-refractivity contribution in [3.05, 3.63) is 18.2 Å². The van der Waals surface area contributed by atoms with Crippen LogP contribution in [-0.4, -0.2) is 21.3 Å².